The van der Waals surface area contributed by atoms with Gasteiger partial charge in [-0.3, -0.25) is 14.7 Å². The second kappa shape index (κ2) is 7.05. The lowest BCUT2D eigenvalue weighted by molar-refractivity contribution is -0.0760. The molecule has 1 N–H and O–H groups in total. The zero-order chi connectivity index (χ0) is 19.7. The van der Waals surface area contributed by atoms with E-state index in [4.69, 9.17) is 4.84 Å². The van der Waals surface area contributed by atoms with Gasteiger partial charge in [0.25, 0.3) is 5.91 Å². The van der Waals surface area contributed by atoms with E-state index >= 15 is 0 Å². The maximum absolute atomic E-state index is 13.5. The normalized spacial score (nSPS) is 18.0. The Morgan fingerprint density at radius 2 is 1.82 bits per heavy atom. The highest BCUT2D eigenvalue weighted by Gasteiger charge is 2.37. The zero-order valence-electron chi connectivity index (χ0n) is 15.6. The maximum atomic E-state index is 13.5. The number of hydrogen-bond acceptors (Lipinski definition) is 3. The first kappa shape index (κ1) is 18.1. The second-order valence-corrected chi connectivity index (χ2v) is 6.80. The first-order chi connectivity index (χ1) is 13.5. The molecule has 0 saturated heterocycles. The lowest BCUT2D eigenvalue weighted by atomic mass is 9.68. The molecule has 0 bridgehead atoms. The van der Waals surface area contributed by atoms with Gasteiger partial charge in [-0.1, -0.05) is 54.6 Å². The standard InChI is InChI=1S/C22H20FN3O2/c1-26(28-2)21(27)20-18-12-13-22(14-19(18)24-25-20,15-6-4-3-5-7-15)16-8-10-17(23)11-9-16/h3-13H,14H2,1-2H3,(H,24,25). The summed E-state index contributed by atoms with van der Waals surface area (Å²) in [6.45, 7) is 0. The molecular weight excluding hydrogens is 357 g/mol. The molecule has 1 aliphatic carbocycles. The van der Waals surface area contributed by atoms with Crippen LogP contribution < -0.4 is 0 Å². The van der Waals surface area contributed by atoms with E-state index in [0.29, 0.717) is 12.1 Å². The Morgan fingerprint density at radius 3 is 2.50 bits per heavy atom. The Hall–Kier alpha value is -3.25. The Balaban J connectivity index is 1.82. The van der Waals surface area contributed by atoms with Gasteiger partial charge in [-0.25, -0.2) is 9.45 Å². The third kappa shape index (κ3) is 2.92. The van der Waals surface area contributed by atoms with Crippen LogP contribution in [0.1, 0.15) is 32.9 Å². The Morgan fingerprint density at radius 1 is 1.14 bits per heavy atom. The van der Waals surface area contributed by atoms with Crippen LogP contribution in [0, 0.1) is 5.82 Å². The molecule has 6 heteroatoms. The molecule has 2 aromatic carbocycles. The number of rotatable bonds is 4. The van der Waals surface area contributed by atoms with Crippen molar-refractivity contribution in [2.24, 2.45) is 0 Å². The van der Waals surface area contributed by atoms with Gasteiger partial charge in [0, 0.05) is 30.1 Å². The number of fused-ring (bicyclic) bond motifs is 1. The number of hydroxylamine groups is 2. The van der Waals surface area contributed by atoms with Crippen molar-refractivity contribution in [3.05, 3.63) is 94.6 Å². The molecule has 0 spiro atoms. The number of aromatic amines is 1. The van der Waals surface area contributed by atoms with Crippen LogP contribution >= 0.6 is 0 Å². The molecule has 5 nitrogen and oxygen atoms in total. The number of benzene rings is 2. The summed E-state index contributed by atoms with van der Waals surface area (Å²) in [6, 6.07) is 16.6. The van der Waals surface area contributed by atoms with Gasteiger partial charge in [-0.2, -0.15) is 5.10 Å². The highest BCUT2D eigenvalue weighted by molar-refractivity contribution is 5.96. The van der Waals surface area contributed by atoms with Crippen molar-refractivity contribution in [3.8, 4) is 0 Å². The van der Waals surface area contributed by atoms with Crippen molar-refractivity contribution in [1.82, 2.24) is 15.3 Å². The summed E-state index contributed by atoms with van der Waals surface area (Å²) >= 11 is 0. The number of allylic oxidation sites excluding steroid dienone is 1. The smallest absolute Gasteiger partial charge is 0.281 e. The molecule has 0 aliphatic heterocycles. The lowest BCUT2D eigenvalue weighted by Gasteiger charge is -2.34. The average Bonchev–Trinajstić information content (AvgIpc) is 3.16. The van der Waals surface area contributed by atoms with Gasteiger partial charge in [0.2, 0.25) is 0 Å². The van der Waals surface area contributed by atoms with Crippen LogP contribution in [0.25, 0.3) is 6.08 Å². The number of amides is 1. The predicted molar refractivity (Wildman–Crippen MR) is 104 cm³/mol. The fourth-order valence-electron chi connectivity index (χ4n) is 3.71. The molecule has 1 heterocycles. The summed E-state index contributed by atoms with van der Waals surface area (Å²) in [5.41, 5.74) is 3.49. The minimum absolute atomic E-state index is 0.274. The molecule has 28 heavy (non-hydrogen) atoms. The molecule has 0 fully saturated rings. The highest BCUT2D eigenvalue weighted by atomic mass is 19.1. The van der Waals surface area contributed by atoms with Crippen molar-refractivity contribution in [2.75, 3.05) is 14.2 Å². The molecule has 142 valence electrons. The van der Waals surface area contributed by atoms with Gasteiger partial charge in [-0.05, 0) is 23.3 Å². The lowest BCUT2D eigenvalue weighted by Crippen LogP contribution is -2.31. The van der Waals surface area contributed by atoms with Crippen LogP contribution in [0.2, 0.25) is 0 Å². The Kier molecular flexibility index (Phi) is 4.57. The van der Waals surface area contributed by atoms with Crippen LogP contribution in [-0.2, 0) is 16.7 Å². The van der Waals surface area contributed by atoms with Gasteiger partial charge >= 0.3 is 0 Å². The summed E-state index contributed by atoms with van der Waals surface area (Å²) in [7, 11) is 2.98. The number of H-pyrrole nitrogens is 1. The van der Waals surface area contributed by atoms with E-state index in [1.54, 1.807) is 19.2 Å². The number of aromatic nitrogens is 2. The number of carbonyl (C=O) groups excluding carboxylic acids is 1. The largest absolute Gasteiger partial charge is 0.298 e. The number of nitrogens with one attached hydrogen (secondary N) is 1. The molecule has 1 atom stereocenters. The van der Waals surface area contributed by atoms with Crippen LogP contribution in [-0.4, -0.2) is 35.3 Å². The van der Waals surface area contributed by atoms with Crippen LogP contribution in [0.5, 0.6) is 0 Å². The number of halogens is 1. The number of carbonyl (C=O) groups is 1. The molecule has 1 amide bonds. The molecule has 4 rings (SSSR count). The number of hydrogen-bond donors (Lipinski definition) is 1. The van der Waals surface area contributed by atoms with E-state index in [9.17, 15) is 9.18 Å². The highest BCUT2D eigenvalue weighted by Crippen LogP contribution is 2.41. The fraction of sp³-hybridized carbons (Fsp3) is 0.182. The summed E-state index contributed by atoms with van der Waals surface area (Å²) in [5, 5.41) is 8.38. The second-order valence-electron chi connectivity index (χ2n) is 6.80. The van der Waals surface area contributed by atoms with Crippen molar-refractivity contribution in [2.45, 2.75) is 11.8 Å². The monoisotopic (exact) mass is 377 g/mol. The molecular formula is C22H20FN3O2. The van der Waals surface area contributed by atoms with E-state index in [1.807, 2.05) is 24.3 Å². The van der Waals surface area contributed by atoms with Gasteiger partial charge in [0.05, 0.1) is 7.11 Å². The Bertz CT molecular complexity index is 1030. The number of nitrogens with zero attached hydrogens (tertiary/aromatic N) is 2. The first-order valence-corrected chi connectivity index (χ1v) is 8.95. The van der Waals surface area contributed by atoms with Crippen molar-refractivity contribution in [1.29, 1.82) is 0 Å². The van der Waals surface area contributed by atoms with E-state index < -0.39 is 5.41 Å². The third-order valence-corrected chi connectivity index (χ3v) is 5.28. The van der Waals surface area contributed by atoms with Crippen molar-refractivity contribution >= 4 is 12.0 Å². The van der Waals surface area contributed by atoms with E-state index in [2.05, 4.69) is 28.4 Å². The molecule has 1 aliphatic rings. The quantitative estimate of drug-likeness (QED) is 0.705. The average molecular weight is 377 g/mol. The third-order valence-electron chi connectivity index (χ3n) is 5.28. The SMILES string of the molecule is CON(C)C(=O)c1n[nH]c2c1C=CC(c1ccccc1)(c1ccc(F)cc1)C2. The van der Waals surface area contributed by atoms with E-state index in [0.717, 1.165) is 27.4 Å². The molecule has 1 unspecified atom stereocenters. The van der Waals surface area contributed by atoms with Crippen LogP contribution in [0.4, 0.5) is 4.39 Å². The van der Waals surface area contributed by atoms with Crippen molar-refractivity contribution < 1.29 is 14.0 Å². The summed E-state index contributed by atoms with van der Waals surface area (Å²) in [6.07, 6.45) is 4.55. The fourth-order valence-corrected chi connectivity index (χ4v) is 3.71. The van der Waals surface area contributed by atoms with E-state index in [-0.39, 0.29) is 11.7 Å². The summed E-state index contributed by atoms with van der Waals surface area (Å²) < 4.78 is 13.5. The minimum atomic E-state index is -0.484. The van der Waals surface area contributed by atoms with Crippen molar-refractivity contribution in [3.63, 3.8) is 0 Å². The van der Waals surface area contributed by atoms with Gasteiger partial charge in [0.1, 0.15) is 5.82 Å². The molecule has 1 aromatic heterocycles. The Labute approximate surface area is 162 Å². The molecule has 0 radical (unpaired) electrons. The predicted octanol–water partition coefficient (Wildman–Crippen LogP) is 3.74. The summed E-state index contributed by atoms with van der Waals surface area (Å²) in [5.74, 6) is -0.594. The van der Waals surface area contributed by atoms with Crippen LogP contribution in [0.15, 0.2) is 60.7 Å². The maximum Gasteiger partial charge on any atom is 0.298 e. The minimum Gasteiger partial charge on any atom is -0.281 e. The topological polar surface area (TPSA) is 58.2 Å². The van der Waals surface area contributed by atoms with Gasteiger partial charge in [-0.15, -0.1) is 0 Å². The summed E-state index contributed by atoms with van der Waals surface area (Å²) in [4.78, 5) is 17.5. The van der Waals surface area contributed by atoms with Gasteiger partial charge in [0.15, 0.2) is 5.69 Å². The molecule has 3 aromatic rings. The zero-order valence-corrected chi connectivity index (χ0v) is 15.6. The first-order valence-electron chi connectivity index (χ1n) is 8.95. The van der Waals surface area contributed by atoms with Crippen LogP contribution in [0.3, 0.4) is 0 Å². The van der Waals surface area contributed by atoms with Gasteiger partial charge < -0.3 is 0 Å². The van der Waals surface area contributed by atoms with E-state index in [1.165, 1.54) is 19.2 Å². The molecule has 0 saturated carbocycles.